The number of rotatable bonds is 3. The van der Waals surface area contributed by atoms with Crippen molar-refractivity contribution in [3.63, 3.8) is 0 Å². The molecule has 0 saturated carbocycles. The van der Waals surface area contributed by atoms with Gasteiger partial charge in [-0.3, -0.25) is 4.79 Å². The van der Waals surface area contributed by atoms with Gasteiger partial charge in [-0.25, -0.2) is 13.6 Å². The van der Waals surface area contributed by atoms with Crippen LogP contribution in [0.1, 0.15) is 11.4 Å². The fourth-order valence-corrected chi connectivity index (χ4v) is 2.15. The smallest absolute Gasteiger partial charge is 0.422 e. The molecule has 0 unspecified atom stereocenters. The quantitative estimate of drug-likeness (QED) is 0.808. The van der Waals surface area contributed by atoms with Gasteiger partial charge in [0.15, 0.2) is 0 Å². The van der Waals surface area contributed by atoms with E-state index >= 15 is 0 Å². The van der Waals surface area contributed by atoms with Crippen LogP contribution in [0, 0.1) is 18.6 Å². The molecule has 0 bridgehead atoms. The number of ether oxygens (including phenoxy) is 2. The van der Waals surface area contributed by atoms with Gasteiger partial charge in [0.25, 0.3) is 5.56 Å². The molecule has 2 aromatic rings. The molecule has 122 valence electrons. The Labute approximate surface area is 137 Å². The summed E-state index contributed by atoms with van der Waals surface area (Å²) in [4.78, 5) is 27.6. The molecule has 1 heterocycles. The lowest BCUT2D eigenvalue weighted by atomic mass is 10.2. The first-order valence-electron chi connectivity index (χ1n) is 6.29. The maximum atomic E-state index is 13.5. The Hall–Kier alpha value is -2.29. The largest absolute Gasteiger partial charge is 0.472 e. The van der Waals surface area contributed by atoms with E-state index in [4.69, 9.17) is 4.74 Å². The molecule has 0 radical (unpaired) electrons. The lowest BCUT2D eigenvalue weighted by Gasteiger charge is -2.11. The monoisotopic (exact) mass is 388 g/mol. The van der Waals surface area contributed by atoms with Crippen molar-refractivity contribution in [2.24, 2.45) is 0 Å². The van der Waals surface area contributed by atoms with Gasteiger partial charge in [0.1, 0.15) is 28.5 Å². The van der Waals surface area contributed by atoms with Gasteiger partial charge in [-0.05, 0) is 35.0 Å². The topological polar surface area (TPSA) is 70.4 Å². The highest BCUT2D eigenvalue weighted by molar-refractivity contribution is 9.10. The van der Waals surface area contributed by atoms with Crippen molar-refractivity contribution >= 4 is 22.0 Å². The molecule has 2 rings (SSSR count). The number of aryl methyl sites for hydroxylation is 1. The second-order valence-electron chi connectivity index (χ2n) is 4.41. The van der Waals surface area contributed by atoms with Gasteiger partial charge in [0.05, 0.1) is 7.11 Å². The molecular formula is C14H11BrF2N2O4. The van der Waals surface area contributed by atoms with Crippen LogP contribution < -0.4 is 10.3 Å². The zero-order valence-corrected chi connectivity index (χ0v) is 13.7. The highest BCUT2D eigenvalue weighted by Gasteiger charge is 2.19. The minimum atomic E-state index is -0.892. The zero-order valence-electron chi connectivity index (χ0n) is 12.1. The molecule has 0 spiro atoms. The van der Waals surface area contributed by atoms with E-state index in [1.807, 2.05) is 0 Å². The number of nitrogens with zero attached hydrogens (tertiary/aromatic N) is 2. The molecule has 1 aromatic heterocycles. The number of hydrogen-bond donors (Lipinski definition) is 0. The summed E-state index contributed by atoms with van der Waals surface area (Å²) in [5.74, 6) is -1.56. The number of halogens is 3. The number of methoxy groups -OCH3 is 1. The Morgan fingerprint density at radius 1 is 1.39 bits per heavy atom. The SMILES string of the molecule is COC(=O)n1c(C)nc(OCc2ccc(F)cc2F)c(Br)c1=O. The van der Waals surface area contributed by atoms with Crippen LogP contribution in [0.4, 0.5) is 13.6 Å². The minimum Gasteiger partial charge on any atom is -0.472 e. The Morgan fingerprint density at radius 3 is 2.70 bits per heavy atom. The van der Waals surface area contributed by atoms with Crippen LogP contribution in [0.25, 0.3) is 0 Å². The fourth-order valence-electron chi connectivity index (χ4n) is 1.77. The second-order valence-corrected chi connectivity index (χ2v) is 5.21. The average Bonchev–Trinajstić information content (AvgIpc) is 2.50. The molecule has 0 atom stereocenters. The predicted octanol–water partition coefficient (Wildman–Crippen LogP) is 2.79. The summed E-state index contributed by atoms with van der Waals surface area (Å²) < 4.78 is 36.8. The molecule has 1 aromatic carbocycles. The van der Waals surface area contributed by atoms with Crippen molar-refractivity contribution in [1.29, 1.82) is 0 Å². The molecule has 23 heavy (non-hydrogen) atoms. The molecule has 0 fully saturated rings. The predicted molar refractivity (Wildman–Crippen MR) is 79.4 cm³/mol. The highest BCUT2D eigenvalue weighted by Crippen LogP contribution is 2.20. The third-order valence-corrected chi connectivity index (χ3v) is 3.58. The summed E-state index contributed by atoms with van der Waals surface area (Å²) >= 11 is 2.98. The Kier molecular flexibility index (Phi) is 5.09. The Balaban J connectivity index is 2.31. The van der Waals surface area contributed by atoms with Crippen LogP contribution >= 0.6 is 15.9 Å². The van der Waals surface area contributed by atoms with Crippen LogP contribution in [0.15, 0.2) is 27.5 Å². The van der Waals surface area contributed by atoms with Crippen molar-refractivity contribution in [2.75, 3.05) is 7.11 Å². The van der Waals surface area contributed by atoms with Crippen LogP contribution in [-0.4, -0.2) is 22.8 Å². The van der Waals surface area contributed by atoms with Gasteiger partial charge >= 0.3 is 6.09 Å². The summed E-state index contributed by atoms with van der Waals surface area (Å²) in [6.45, 7) is 1.15. The maximum absolute atomic E-state index is 13.5. The molecule has 6 nitrogen and oxygen atoms in total. The molecule has 0 aliphatic heterocycles. The third kappa shape index (κ3) is 3.55. The second kappa shape index (κ2) is 6.86. The molecule has 9 heteroatoms. The van der Waals surface area contributed by atoms with Gasteiger partial charge in [-0.2, -0.15) is 9.55 Å². The van der Waals surface area contributed by atoms with E-state index in [2.05, 4.69) is 25.7 Å². The lowest BCUT2D eigenvalue weighted by Crippen LogP contribution is -2.31. The number of carbonyl (C=O) groups excluding carboxylic acids is 1. The van der Waals surface area contributed by atoms with E-state index < -0.39 is 23.3 Å². The summed E-state index contributed by atoms with van der Waals surface area (Å²) in [6.07, 6.45) is -0.892. The molecule has 0 aliphatic rings. The fraction of sp³-hybridized carbons (Fsp3) is 0.214. The summed E-state index contributed by atoms with van der Waals surface area (Å²) in [6, 6.07) is 3.04. The summed E-state index contributed by atoms with van der Waals surface area (Å²) in [7, 11) is 1.13. The van der Waals surface area contributed by atoms with Crippen molar-refractivity contribution in [1.82, 2.24) is 9.55 Å². The first kappa shape index (κ1) is 17.1. The Bertz CT molecular complexity index is 823. The first-order chi connectivity index (χ1) is 10.8. The van der Waals surface area contributed by atoms with E-state index in [1.54, 1.807) is 0 Å². The minimum absolute atomic E-state index is 0.0413. The summed E-state index contributed by atoms with van der Waals surface area (Å²) in [5, 5.41) is 0. The Morgan fingerprint density at radius 2 is 2.09 bits per heavy atom. The van der Waals surface area contributed by atoms with Gasteiger partial charge < -0.3 is 9.47 Å². The average molecular weight is 389 g/mol. The van der Waals surface area contributed by atoms with Gasteiger partial charge in [0, 0.05) is 11.6 Å². The van der Waals surface area contributed by atoms with E-state index in [9.17, 15) is 18.4 Å². The van der Waals surface area contributed by atoms with Crippen LogP contribution in [0.5, 0.6) is 5.88 Å². The number of carbonyl (C=O) groups is 1. The van der Waals surface area contributed by atoms with E-state index in [0.29, 0.717) is 0 Å². The van der Waals surface area contributed by atoms with Gasteiger partial charge in [0.2, 0.25) is 5.88 Å². The van der Waals surface area contributed by atoms with Crippen molar-refractivity contribution in [2.45, 2.75) is 13.5 Å². The molecule has 0 aliphatic carbocycles. The number of hydrogen-bond acceptors (Lipinski definition) is 5. The summed E-state index contributed by atoms with van der Waals surface area (Å²) in [5.41, 5.74) is -0.631. The standard InChI is InChI=1S/C14H11BrF2N2O4/c1-7-18-12(11(15)13(20)19(7)14(21)22-2)23-6-8-3-4-9(16)5-10(8)17/h3-5H,6H2,1-2H3. The van der Waals surface area contributed by atoms with Crippen LogP contribution in [-0.2, 0) is 11.3 Å². The maximum Gasteiger partial charge on any atom is 0.422 e. The molecule has 0 saturated heterocycles. The number of aromatic nitrogens is 2. The molecular weight excluding hydrogens is 378 g/mol. The van der Waals surface area contributed by atoms with Crippen molar-refractivity contribution in [3.8, 4) is 5.88 Å². The van der Waals surface area contributed by atoms with E-state index in [1.165, 1.54) is 13.0 Å². The third-order valence-electron chi connectivity index (χ3n) is 2.90. The highest BCUT2D eigenvalue weighted by atomic mass is 79.9. The number of benzene rings is 1. The van der Waals surface area contributed by atoms with Gasteiger partial charge in [-0.1, -0.05) is 0 Å². The first-order valence-corrected chi connectivity index (χ1v) is 7.08. The lowest BCUT2D eigenvalue weighted by molar-refractivity contribution is 0.170. The molecule has 0 amide bonds. The van der Waals surface area contributed by atoms with Gasteiger partial charge in [-0.15, -0.1) is 0 Å². The van der Waals surface area contributed by atoms with E-state index in [0.717, 1.165) is 23.8 Å². The van der Waals surface area contributed by atoms with Crippen LogP contribution in [0.2, 0.25) is 0 Å². The van der Waals surface area contributed by atoms with E-state index in [-0.39, 0.29) is 28.3 Å². The normalized spacial score (nSPS) is 10.5. The zero-order chi connectivity index (χ0) is 17.1. The molecule has 0 N–H and O–H groups in total. The van der Waals surface area contributed by atoms with Crippen molar-refractivity contribution < 1.29 is 23.0 Å². The van der Waals surface area contributed by atoms with Crippen LogP contribution in [0.3, 0.4) is 0 Å². The van der Waals surface area contributed by atoms with Crippen molar-refractivity contribution in [3.05, 3.63) is 56.0 Å².